The number of aromatic nitrogens is 3. The minimum Gasteiger partial charge on any atom is -0.461 e. The van der Waals surface area contributed by atoms with Gasteiger partial charge in [-0.2, -0.15) is 5.10 Å². The Labute approximate surface area is 142 Å². The largest absolute Gasteiger partial charge is 0.461 e. The fraction of sp³-hybridized carbons (Fsp3) is 0.588. The van der Waals surface area contributed by atoms with Crippen molar-refractivity contribution in [3.63, 3.8) is 0 Å². The number of nitrogens with one attached hydrogen (secondary N) is 2. The summed E-state index contributed by atoms with van der Waals surface area (Å²) in [7, 11) is 1.83. The maximum absolute atomic E-state index is 5.30. The maximum Gasteiger partial charge on any atom is 0.216 e. The Hall–Kier alpha value is -2.31. The van der Waals surface area contributed by atoms with Gasteiger partial charge in [0.1, 0.15) is 5.82 Å². The molecule has 0 aromatic carbocycles. The molecule has 130 valence electrons. The molecule has 1 aliphatic heterocycles. The van der Waals surface area contributed by atoms with E-state index in [1.54, 1.807) is 6.26 Å². The molecule has 7 nitrogen and oxygen atoms in total. The van der Waals surface area contributed by atoms with Gasteiger partial charge in [-0.05, 0) is 26.0 Å². The summed E-state index contributed by atoms with van der Waals surface area (Å²) in [5.41, 5.74) is 0.376. The van der Waals surface area contributed by atoms with Gasteiger partial charge in [0.2, 0.25) is 5.82 Å². The van der Waals surface area contributed by atoms with Crippen molar-refractivity contribution < 1.29 is 4.42 Å². The summed E-state index contributed by atoms with van der Waals surface area (Å²) in [6.07, 6.45) is 2.36. The molecule has 0 aliphatic carbocycles. The number of aliphatic imine (C=N–C) groups is 1. The summed E-state index contributed by atoms with van der Waals surface area (Å²) in [5.74, 6) is 3.02. The molecule has 0 amide bonds. The van der Waals surface area contributed by atoms with E-state index in [-0.39, 0.29) is 11.0 Å². The van der Waals surface area contributed by atoms with E-state index in [0.29, 0.717) is 11.6 Å². The molecule has 2 N–H and O–H groups in total. The number of aromatic amines is 1. The van der Waals surface area contributed by atoms with Crippen LogP contribution in [0.5, 0.6) is 0 Å². The van der Waals surface area contributed by atoms with E-state index in [1.807, 2.05) is 19.2 Å². The Balaban J connectivity index is 1.55. The fourth-order valence-corrected chi connectivity index (χ4v) is 2.91. The Morgan fingerprint density at radius 2 is 2.21 bits per heavy atom. The molecule has 0 bridgehead atoms. The number of guanidine groups is 1. The highest BCUT2D eigenvalue weighted by Crippen LogP contribution is 2.46. The quantitative estimate of drug-likeness (QED) is 0.664. The summed E-state index contributed by atoms with van der Waals surface area (Å²) in [6.45, 7) is 10.9. The molecular formula is C17H26N6O. The van der Waals surface area contributed by atoms with Crippen molar-refractivity contribution in [2.24, 2.45) is 10.4 Å². The molecule has 1 aliphatic rings. The average molecular weight is 330 g/mol. The Morgan fingerprint density at radius 3 is 2.79 bits per heavy atom. The lowest BCUT2D eigenvalue weighted by Gasteiger charge is -2.62. The van der Waals surface area contributed by atoms with Gasteiger partial charge in [-0.25, -0.2) is 4.98 Å². The standard InChI is InChI=1S/C17H26N6O/c1-16(2)11-23(17(16,3)4)15(18-5)19-9-8-13-20-14(22-21-13)12-7-6-10-24-12/h6-7,10H,8-9,11H2,1-5H3,(H,18,19)(H,20,21,22). The molecule has 2 aromatic heterocycles. The van der Waals surface area contributed by atoms with E-state index in [2.05, 4.69) is 58.1 Å². The monoisotopic (exact) mass is 330 g/mol. The maximum atomic E-state index is 5.30. The van der Waals surface area contributed by atoms with Crippen LogP contribution >= 0.6 is 0 Å². The fourth-order valence-electron chi connectivity index (χ4n) is 2.91. The number of likely N-dealkylation sites (tertiary alicyclic amines) is 1. The molecule has 1 fully saturated rings. The van der Waals surface area contributed by atoms with E-state index in [0.717, 1.165) is 31.3 Å². The van der Waals surface area contributed by atoms with E-state index < -0.39 is 0 Å². The number of furan rings is 1. The third-order valence-electron chi connectivity index (χ3n) is 5.27. The number of H-pyrrole nitrogens is 1. The van der Waals surface area contributed by atoms with Crippen LogP contribution in [0.15, 0.2) is 27.8 Å². The lowest BCUT2D eigenvalue weighted by Crippen LogP contribution is -2.72. The second-order valence-corrected chi connectivity index (χ2v) is 7.34. The van der Waals surface area contributed by atoms with Crippen LogP contribution in [0.2, 0.25) is 0 Å². The van der Waals surface area contributed by atoms with Gasteiger partial charge < -0.3 is 14.6 Å². The van der Waals surface area contributed by atoms with Crippen LogP contribution in [0.1, 0.15) is 33.5 Å². The van der Waals surface area contributed by atoms with Gasteiger partial charge in [0, 0.05) is 37.5 Å². The van der Waals surface area contributed by atoms with Crippen LogP contribution in [-0.2, 0) is 6.42 Å². The van der Waals surface area contributed by atoms with Crippen LogP contribution in [0, 0.1) is 5.41 Å². The Morgan fingerprint density at radius 1 is 1.42 bits per heavy atom. The average Bonchev–Trinajstić information content (AvgIpc) is 3.20. The second-order valence-electron chi connectivity index (χ2n) is 7.34. The van der Waals surface area contributed by atoms with Crippen molar-refractivity contribution in [1.29, 1.82) is 0 Å². The van der Waals surface area contributed by atoms with Gasteiger partial charge in [-0.1, -0.05) is 13.8 Å². The van der Waals surface area contributed by atoms with Gasteiger partial charge in [-0.3, -0.25) is 10.1 Å². The van der Waals surface area contributed by atoms with E-state index >= 15 is 0 Å². The Kier molecular flexibility index (Phi) is 4.11. The van der Waals surface area contributed by atoms with Crippen molar-refractivity contribution in [3.8, 4) is 11.6 Å². The van der Waals surface area contributed by atoms with Crippen molar-refractivity contribution in [2.45, 2.75) is 39.7 Å². The summed E-state index contributed by atoms with van der Waals surface area (Å²) >= 11 is 0. The number of hydrogen-bond acceptors (Lipinski definition) is 4. The number of rotatable bonds is 4. The highest BCUT2D eigenvalue weighted by atomic mass is 16.3. The molecule has 3 rings (SSSR count). The summed E-state index contributed by atoms with van der Waals surface area (Å²) in [6, 6.07) is 3.67. The van der Waals surface area contributed by atoms with Crippen molar-refractivity contribution in [1.82, 2.24) is 25.4 Å². The molecule has 24 heavy (non-hydrogen) atoms. The molecule has 0 saturated carbocycles. The molecule has 7 heteroatoms. The van der Waals surface area contributed by atoms with Crippen molar-refractivity contribution in [2.75, 3.05) is 20.1 Å². The first-order valence-electron chi connectivity index (χ1n) is 8.28. The molecule has 3 heterocycles. The lowest BCUT2D eigenvalue weighted by molar-refractivity contribution is -0.0666. The predicted molar refractivity (Wildman–Crippen MR) is 93.7 cm³/mol. The van der Waals surface area contributed by atoms with Crippen molar-refractivity contribution >= 4 is 5.96 Å². The van der Waals surface area contributed by atoms with Gasteiger partial charge in [0.25, 0.3) is 0 Å². The van der Waals surface area contributed by atoms with Gasteiger partial charge in [-0.15, -0.1) is 0 Å². The number of nitrogens with zero attached hydrogens (tertiary/aromatic N) is 4. The molecular weight excluding hydrogens is 304 g/mol. The summed E-state index contributed by atoms with van der Waals surface area (Å²) < 4.78 is 5.30. The van der Waals surface area contributed by atoms with Gasteiger partial charge in [0.15, 0.2) is 11.7 Å². The third kappa shape index (κ3) is 2.79. The highest BCUT2D eigenvalue weighted by Gasteiger charge is 2.53. The first kappa shape index (κ1) is 16.5. The minimum atomic E-state index is 0.0908. The SMILES string of the molecule is CN=C(NCCc1nc(-c2ccco2)n[nH]1)N1CC(C)(C)C1(C)C. The number of hydrogen-bond donors (Lipinski definition) is 2. The van der Waals surface area contributed by atoms with E-state index in [9.17, 15) is 0 Å². The highest BCUT2D eigenvalue weighted by molar-refractivity contribution is 5.82. The molecule has 1 saturated heterocycles. The normalized spacial score (nSPS) is 19.2. The van der Waals surface area contributed by atoms with Gasteiger partial charge >= 0.3 is 0 Å². The van der Waals surface area contributed by atoms with Crippen LogP contribution in [0.4, 0.5) is 0 Å². The minimum absolute atomic E-state index is 0.0908. The van der Waals surface area contributed by atoms with Crippen LogP contribution in [0.3, 0.4) is 0 Å². The second kappa shape index (κ2) is 5.96. The van der Waals surface area contributed by atoms with Crippen LogP contribution < -0.4 is 5.32 Å². The molecule has 0 spiro atoms. The zero-order chi connectivity index (χ0) is 17.4. The molecule has 2 aromatic rings. The zero-order valence-electron chi connectivity index (χ0n) is 15.1. The summed E-state index contributed by atoms with van der Waals surface area (Å²) in [5, 5.41) is 10.6. The molecule has 0 atom stereocenters. The van der Waals surface area contributed by atoms with E-state index in [1.165, 1.54) is 0 Å². The first-order chi connectivity index (χ1) is 11.3. The smallest absolute Gasteiger partial charge is 0.216 e. The predicted octanol–water partition coefficient (Wildman–Crippen LogP) is 2.30. The summed E-state index contributed by atoms with van der Waals surface area (Å²) in [4.78, 5) is 11.2. The topological polar surface area (TPSA) is 82.3 Å². The van der Waals surface area contributed by atoms with Gasteiger partial charge in [0.05, 0.1) is 6.26 Å². The Bertz CT molecular complexity index is 713. The van der Waals surface area contributed by atoms with Crippen LogP contribution in [-0.4, -0.2) is 51.7 Å². The first-order valence-corrected chi connectivity index (χ1v) is 8.28. The molecule has 0 unspecified atom stereocenters. The lowest BCUT2D eigenvalue weighted by atomic mass is 9.65. The third-order valence-corrected chi connectivity index (χ3v) is 5.27. The van der Waals surface area contributed by atoms with E-state index in [4.69, 9.17) is 4.42 Å². The van der Waals surface area contributed by atoms with Crippen molar-refractivity contribution in [3.05, 3.63) is 24.2 Å². The van der Waals surface area contributed by atoms with Crippen LogP contribution in [0.25, 0.3) is 11.6 Å². The molecule has 0 radical (unpaired) electrons. The zero-order valence-corrected chi connectivity index (χ0v) is 15.1.